The Morgan fingerprint density at radius 3 is 2.72 bits per heavy atom. The van der Waals surface area contributed by atoms with Gasteiger partial charge in [0.1, 0.15) is 0 Å². The van der Waals surface area contributed by atoms with E-state index in [0.717, 1.165) is 56.9 Å². The van der Waals surface area contributed by atoms with Gasteiger partial charge in [0.2, 0.25) is 11.8 Å². The highest BCUT2D eigenvalue weighted by molar-refractivity contribution is 5.91. The number of nitrogens with zero attached hydrogens (tertiary/aromatic N) is 1. The first kappa shape index (κ1) is 17.8. The van der Waals surface area contributed by atoms with Crippen molar-refractivity contribution in [3.8, 4) is 0 Å². The lowest BCUT2D eigenvalue weighted by atomic mass is 10.2. The molecule has 25 heavy (non-hydrogen) atoms. The summed E-state index contributed by atoms with van der Waals surface area (Å²) >= 11 is 0. The molecule has 1 heterocycles. The van der Waals surface area contributed by atoms with E-state index in [-0.39, 0.29) is 11.8 Å². The van der Waals surface area contributed by atoms with Crippen molar-refractivity contribution in [1.82, 2.24) is 10.2 Å². The van der Waals surface area contributed by atoms with Gasteiger partial charge in [-0.1, -0.05) is 12.1 Å². The number of nitrogens with one attached hydrogen (secondary N) is 2. The van der Waals surface area contributed by atoms with Gasteiger partial charge in [0.05, 0.1) is 18.8 Å². The van der Waals surface area contributed by atoms with Gasteiger partial charge in [-0.15, -0.1) is 0 Å². The zero-order valence-corrected chi connectivity index (χ0v) is 14.4. The average molecular weight is 346 g/mol. The van der Waals surface area contributed by atoms with Crippen molar-refractivity contribution >= 4 is 17.5 Å². The highest BCUT2D eigenvalue weighted by Crippen LogP contribution is 2.32. The molecule has 1 aliphatic heterocycles. The normalized spacial score (nSPS) is 19.2. The molecule has 1 saturated carbocycles. The fourth-order valence-electron chi connectivity index (χ4n) is 2.79. The van der Waals surface area contributed by atoms with Gasteiger partial charge in [-0.25, -0.2) is 0 Å². The van der Waals surface area contributed by atoms with E-state index in [1.165, 1.54) is 0 Å². The smallest absolute Gasteiger partial charge is 0.240 e. The molecule has 0 spiro atoms. The second kappa shape index (κ2) is 7.95. The predicted octanol–water partition coefficient (Wildman–Crippen LogP) is 0.455. The van der Waals surface area contributed by atoms with Crippen molar-refractivity contribution in [3.05, 3.63) is 29.8 Å². The number of nitrogens with two attached hydrogens (primary N) is 1. The number of amides is 2. The van der Waals surface area contributed by atoms with E-state index in [1.807, 2.05) is 24.3 Å². The van der Waals surface area contributed by atoms with Crippen LogP contribution >= 0.6 is 0 Å². The quantitative estimate of drug-likeness (QED) is 0.666. The van der Waals surface area contributed by atoms with Crippen molar-refractivity contribution in [2.75, 3.05) is 38.2 Å². The lowest BCUT2D eigenvalue weighted by Crippen LogP contribution is -2.42. The van der Waals surface area contributed by atoms with Crippen LogP contribution in [0.3, 0.4) is 0 Å². The van der Waals surface area contributed by atoms with Gasteiger partial charge in [-0.3, -0.25) is 14.5 Å². The predicted molar refractivity (Wildman–Crippen MR) is 94.9 cm³/mol. The number of hydrogen-bond acceptors (Lipinski definition) is 5. The maximum Gasteiger partial charge on any atom is 0.240 e. The van der Waals surface area contributed by atoms with Crippen LogP contribution in [0.1, 0.15) is 24.8 Å². The van der Waals surface area contributed by atoms with E-state index in [2.05, 4.69) is 15.5 Å². The first-order chi connectivity index (χ1) is 12.0. The zero-order chi connectivity index (χ0) is 17.7. The van der Waals surface area contributed by atoms with Crippen LogP contribution in [-0.2, 0) is 20.9 Å². The van der Waals surface area contributed by atoms with Crippen LogP contribution in [0.4, 0.5) is 5.69 Å². The topological polar surface area (TPSA) is 96.7 Å². The number of carbonyl (C=O) groups is 2. The minimum absolute atomic E-state index is 0.00781. The molecule has 0 unspecified atom stereocenters. The van der Waals surface area contributed by atoms with Crippen LogP contribution in [0.5, 0.6) is 0 Å². The summed E-state index contributed by atoms with van der Waals surface area (Å²) in [7, 11) is 0. The average Bonchev–Trinajstić information content (AvgIpc) is 3.38. The first-order valence-electron chi connectivity index (χ1n) is 8.81. The van der Waals surface area contributed by atoms with Crippen molar-refractivity contribution in [2.24, 2.45) is 5.73 Å². The van der Waals surface area contributed by atoms with Crippen molar-refractivity contribution in [3.63, 3.8) is 0 Å². The number of rotatable bonds is 7. The van der Waals surface area contributed by atoms with Crippen molar-refractivity contribution in [1.29, 1.82) is 0 Å². The van der Waals surface area contributed by atoms with Crippen LogP contribution < -0.4 is 16.4 Å². The maximum atomic E-state index is 12.1. The number of anilines is 1. The molecule has 0 atom stereocenters. The molecule has 0 aromatic heterocycles. The van der Waals surface area contributed by atoms with Gasteiger partial charge in [-0.05, 0) is 30.5 Å². The summed E-state index contributed by atoms with van der Waals surface area (Å²) in [4.78, 5) is 26.2. The molecule has 2 fully saturated rings. The standard InChI is InChI=1S/C18H26N4O3/c19-18(5-6-18)17(24)20-13-14-2-1-3-15(12-14)21-16(23)4-7-22-8-10-25-11-9-22/h1-3,12H,4-11,13,19H2,(H,20,24)(H,21,23). The molecule has 1 aromatic carbocycles. The Morgan fingerprint density at radius 1 is 1.24 bits per heavy atom. The third-order valence-corrected chi connectivity index (χ3v) is 4.66. The molecule has 0 radical (unpaired) electrons. The zero-order valence-electron chi connectivity index (χ0n) is 14.4. The Bertz CT molecular complexity index is 625. The summed E-state index contributed by atoms with van der Waals surface area (Å²) in [6.45, 7) is 4.38. The Balaban J connectivity index is 1.44. The van der Waals surface area contributed by atoms with E-state index in [9.17, 15) is 9.59 Å². The van der Waals surface area contributed by atoms with Gasteiger partial charge in [0, 0.05) is 38.3 Å². The monoisotopic (exact) mass is 346 g/mol. The lowest BCUT2D eigenvalue weighted by Gasteiger charge is -2.26. The van der Waals surface area contributed by atoms with Gasteiger partial charge in [0.25, 0.3) is 0 Å². The van der Waals surface area contributed by atoms with E-state index in [0.29, 0.717) is 13.0 Å². The molecular formula is C18H26N4O3. The van der Waals surface area contributed by atoms with Gasteiger partial charge >= 0.3 is 0 Å². The van der Waals surface area contributed by atoms with Crippen LogP contribution in [0.2, 0.25) is 0 Å². The van der Waals surface area contributed by atoms with Gasteiger partial charge in [0.15, 0.2) is 0 Å². The number of morpholine rings is 1. The van der Waals surface area contributed by atoms with Crippen molar-refractivity contribution in [2.45, 2.75) is 31.3 Å². The van der Waals surface area contributed by atoms with E-state index < -0.39 is 5.54 Å². The van der Waals surface area contributed by atoms with E-state index in [4.69, 9.17) is 10.5 Å². The van der Waals surface area contributed by atoms with E-state index in [1.54, 1.807) is 0 Å². The summed E-state index contributed by atoms with van der Waals surface area (Å²) in [5.41, 5.74) is 6.88. The first-order valence-corrected chi connectivity index (χ1v) is 8.81. The Hall–Kier alpha value is -1.96. The number of benzene rings is 1. The second-order valence-electron chi connectivity index (χ2n) is 6.79. The molecule has 7 heteroatoms. The van der Waals surface area contributed by atoms with Gasteiger partial charge < -0.3 is 21.1 Å². The summed E-state index contributed by atoms with van der Waals surface area (Å²) < 4.78 is 5.30. The van der Waals surface area contributed by atoms with E-state index >= 15 is 0 Å². The highest BCUT2D eigenvalue weighted by atomic mass is 16.5. The largest absolute Gasteiger partial charge is 0.379 e. The number of ether oxygens (including phenoxy) is 1. The van der Waals surface area contributed by atoms with Gasteiger partial charge in [-0.2, -0.15) is 0 Å². The molecule has 1 saturated heterocycles. The summed E-state index contributed by atoms with van der Waals surface area (Å²) in [6.07, 6.45) is 1.95. The van der Waals surface area contributed by atoms with Crippen molar-refractivity contribution < 1.29 is 14.3 Å². The molecule has 2 aliphatic rings. The molecule has 3 rings (SSSR count). The SMILES string of the molecule is NC1(C(=O)NCc2cccc(NC(=O)CCN3CCOCC3)c2)CC1. The van der Waals surface area contributed by atoms with Crippen LogP contribution in [-0.4, -0.2) is 55.1 Å². The minimum Gasteiger partial charge on any atom is -0.379 e. The summed E-state index contributed by atoms with van der Waals surface area (Å²) in [6, 6.07) is 7.51. The fraction of sp³-hybridized carbons (Fsp3) is 0.556. The molecular weight excluding hydrogens is 320 g/mol. The maximum absolute atomic E-state index is 12.1. The molecule has 2 amide bonds. The lowest BCUT2D eigenvalue weighted by molar-refractivity contribution is -0.123. The Labute approximate surface area is 147 Å². The Morgan fingerprint density at radius 2 is 2.00 bits per heavy atom. The second-order valence-corrected chi connectivity index (χ2v) is 6.79. The third-order valence-electron chi connectivity index (χ3n) is 4.66. The third kappa shape index (κ3) is 5.26. The number of hydrogen-bond donors (Lipinski definition) is 3. The van der Waals surface area contributed by atoms with Crippen LogP contribution in [0.15, 0.2) is 24.3 Å². The minimum atomic E-state index is -0.661. The Kier molecular flexibility index (Phi) is 5.67. The molecule has 7 nitrogen and oxygen atoms in total. The summed E-state index contributed by atoms with van der Waals surface area (Å²) in [5, 5.41) is 5.77. The molecule has 136 valence electrons. The molecule has 1 aliphatic carbocycles. The number of carbonyl (C=O) groups excluding carboxylic acids is 2. The molecule has 0 bridgehead atoms. The fourth-order valence-corrected chi connectivity index (χ4v) is 2.79. The molecule has 4 N–H and O–H groups in total. The summed E-state index contributed by atoms with van der Waals surface area (Å²) in [5.74, 6) is -0.112. The van der Waals surface area contributed by atoms with Crippen LogP contribution in [0.25, 0.3) is 0 Å². The molecule has 1 aromatic rings. The highest BCUT2D eigenvalue weighted by Gasteiger charge is 2.45. The van der Waals surface area contributed by atoms with Crippen LogP contribution in [0, 0.1) is 0 Å².